The summed E-state index contributed by atoms with van der Waals surface area (Å²) in [7, 11) is -2.53. The average molecular weight is 665 g/mol. The molecule has 0 saturated carbocycles. The van der Waals surface area contributed by atoms with Gasteiger partial charge in [0.15, 0.2) is 0 Å². The third-order valence-electron chi connectivity index (χ3n) is 6.95. The Kier molecular flexibility index (Phi) is 21.7. The fraction of sp³-hybridized carbons (Fsp3) is 0.629. The molecular formula is C35H56O10Si. The van der Waals surface area contributed by atoms with Gasteiger partial charge in [-0.15, -0.1) is 0 Å². The van der Waals surface area contributed by atoms with E-state index in [-0.39, 0.29) is 17.4 Å². The molecule has 0 saturated heterocycles. The number of carbonyl (C=O) groups is 1. The average Bonchev–Trinajstić information content (AvgIpc) is 3.05. The lowest BCUT2D eigenvalue weighted by molar-refractivity contribution is -0.144. The number of rotatable bonds is 28. The van der Waals surface area contributed by atoms with Crippen LogP contribution in [0.15, 0.2) is 60.7 Å². The van der Waals surface area contributed by atoms with Crippen molar-refractivity contribution in [1.82, 2.24) is 0 Å². The quantitative estimate of drug-likeness (QED) is 0.0762. The predicted molar refractivity (Wildman–Crippen MR) is 181 cm³/mol. The van der Waals surface area contributed by atoms with Gasteiger partial charge in [0, 0.05) is 0 Å². The first kappa shape index (κ1) is 40.0. The zero-order valence-electron chi connectivity index (χ0n) is 28.4. The number of hydrogen-bond acceptors (Lipinski definition) is 10. The van der Waals surface area contributed by atoms with E-state index >= 15 is 0 Å². The van der Waals surface area contributed by atoms with Gasteiger partial charge in [0.05, 0.1) is 112 Å². The second kappa shape index (κ2) is 24.9. The minimum atomic E-state index is -2.53. The molecule has 0 aliphatic carbocycles. The highest BCUT2D eigenvalue weighted by atomic mass is 28.4. The van der Waals surface area contributed by atoms with Crippen LogP contribution in [0.3, 0.4) is 0 Å². The largest absolute Gasteiger partial charge is 0.466 e. The molecule has 0 aliphatic heterocycles. The minimum Gasteiger partial charge on any atom is -0.466 e. The second-order valence-electron chi connectivity index (χ2n) is 11.4. The summed E-state index contributed by atoms with van der Waals surface area (Å²) in [5.74, 6) is -0.248. The summed E-state index contributed by atoms with van der Waals surface area (Å²) in [6.45, 7) is 16.2. The Balaban J connectivity index is 1.41. The molecule has 0 heterocycles. The summed E-state index contributed by atoms with van der Waals surface area (Å²) in [5, 5.41) is 2.47. The van der Waals surface area contributed by atoms with Crippen molar-refractivity contribution in [3.63, 3.8) is 0 Å². The lowest BCUT2D eigenvalue weighted by atomic mass is 10.2. The van der Waals surface area contributed by atoms with Crippen molar-refractivity contribution in [2.45, 2.75) is 39.2 Å². The molecule has 260 valence electrons. The van der Waals surface area contributed by atoms with E-state index in [4.69, 9.17) is 42.3 Å². The third kappa shape index (κ3) is 16.1. The first-order valence-electron chi connectivity index (χ1n) is 16.4. The molecule has 0 bridgehead atoms. The van der Waals surface area contributed by atoms with E-state index < -0.39 is 8.32 Å². The van der Waals surface area contributed by atoms with Crippen LogP contribution >= 0.6 is 0 Å². The Hall–Kier alpha value is -2.19. The molecule has 0 amide bonds. The summed E-state index contributed by atoms with van der Waals surface area (Å²) in [6, 6.07) is 21.2. The van der Waals surface area contributed by atoms with Crippen molar-refractivity contribution < 1.29 is 47.1 Å². The fourth-order valence-electron chi connectivity index (χ4n) is 4.83. The number of carbonyl (C=O) groups excluding carboxylic acids is 1. The highest BCUT2D eigenvalue weighted by Crippen LogP contribution is 2.36. The smallest absolute Gasteiger partial charge is 0.308 e. The van der Waals surface area contributed by atoms with Crippen LogP contribution in [0.5, 0.6) is 0 Å². The molecule has 0 aliphatic rings. The van der Waals surface area contributed by atoms with Gasteiger partial charge in [0.1, 0.15) is 0 Å². The van der Waals surface area contributed by atoms with Crippen LogP contribution in [-0.4, -0.2) is 120 Å². The van der Waals surface area contributed by atoms with E-state index in [2.05, 4.69) is 81.4 Å². The van der Waals surface area contributed by atoms with E-state index in [9.17, 15) is 4.79 Å². The molecule has 2 aromatic rings. The van der Waals surface area contributed by atoms with Crippen LogP contribution in [0.25, 0.3) is 0 Å². The summed E-state index contributed by atoms with van der Waals surface area (Å²) in [4.78, 5) is 11.2. The van der Waals surface area contributed by atoms with E-state index in [1.807, 2.05) is 0 Å². The van der Waals surface area contributed by atoms with Gasteiger partial charge in [0.2, 0.25) is 0 Å². The maximum Gasteiger partial charge on any atom is 0.308 e. The molecule has 2 aromatic carbocycles. The maximum absolute atomic E-state index is 11.2. The number of benzene rings is 2. The lowest BCUT2D eigenvalue weighted by Gasteiger charge is -2.43. The highest BCUT2D eigenvalue weighted by Gasteiger charge is 2.49. The molecule has 0 atom stereocenters. The molecule has 0 N–H and O–H groups in total. The van der Waals surface area contributed by atoms with Gasteiger partial charge in [-0.05, 0) is 22.3 Å². The summed E-state index contributed by atoms with van der Waals surface area (Å²) in [6.07, 6.45) is 0.258. The van der Waals surface area contributed by atoms with Crippen LogP contribution in [0.4, 0.5) is 0 Å². The summed E-state index contributed by atoms with van der Waals surface area (Å²) < 4.78 is 50.4. The fourth-order valence-corrected chi connectivity index (χ4v) is 9.37. The molecule has 2 rings (SSSR count). The molecule has 0 spiro atoms. The molecule has 0 radical (unpaired) electrons. The molecule has 46 heavy (non-hydrogen) atoms. The van der Waals surface area contributed by atoms with Gasteiger partial charge in [-0.2, -0.15) is 0 Å². The topological polar surface area (TPSA) is 100 Å². The predicted octanol–water partition coefficient (Wildman–Crippen LogP) is 3.63. The Morgan fingerprint density at radius 2 is 0.848 bits per heavy atom. The normalized spacial score (nSPS) is 12.0. The van der Waals surface area contributed by atoms with E-state index in [0.717, 1.165) is 0 Å². The molecule has 0 fully saturated rings. The monoisotopic (exact) mass is 664 g/mol. The minimum absolute atomic E-state index is 0.0560. The summed E-state index contributed by atoms with van der Waals surface area (Å²) in [5.41, 5.74) is 0. The van der Waals surface area contributed by atoms with Crippen molar-refractivity contribution in [2.75, 3.05) is 106 Å². The van der Waals surface area contributed by atoms with Gasteiger partial charge in [-0.25, -0.2) is 0 Å². The number of hydrogen-bond donors (Lipinski definition) is 0. The van der Waals surface area contributed by atoms with Gasteiger partial charge in [-0.1, -0.05) is 81.4 Å². The van der Waals surface area contributed by atoms with Crippen molar-refractivity contribution in [2.24, 2.45) is 0 Å². The van der Waals surface area contributed by atoms with Crippen LogP contribution in [0, 0.1) is 0 Å². The van der Waals surface area contributed by atoms with Crippen molar-refractivity contribution in [1.29, 1.82) is 0 Å². The SMILES string of the molecule is CCOC(=O)CCOCCOCCOCCOCCOCCOCCOCCO[Si](c1ccccc1)(c1ccccc1)C(C)(C)C. The third-order valence-corrected chi connectivity index (χ3v) is 12.0. The van der Waals surface area contributed by atoms with E-state index in [1.54, 1.807) is 6.92 Å². The summed E-state index contributed by atoms with van der Waals surface area (Å²) >= 11 is 0. The number of esters is 1. The molecular weight excluding hydrogens is 608 g/mol. The zero-order valence-corrected chi connectivity index (χ0v) is 29.4. The lowest BCUT2D eigenvalue weighted by Crippen LogP contribution is -2.66. The highest BCUT2D eigenvalue weighted by molar-refractivity contribution is 6.99. The van der Waals surface area contributed by atoms with Crippen LogP contribution < -0.4 is 10.4 Å². The van der Waals surface area contributed by atoms with Gasteiger partial charge in [0.25, 0.3) is 8.32 Å². The van der Waals surface area contributed by atoms with Crippen LogP contribution in [-0.2, 0) is 47.1 Å². The standard InChI is InChI=1S/C35H56O10Si/c1-5-44-34(36)16-17-37-18-19-38-20-21-39-22-23-40-24-25-41-26-27-42-28-29-43-30-31-45-46(35(2,3)4,32-12-8-6-9-13-32)33-14-10-7-11-15-33/h6-15H,5,16-31H2,1-4H3. The Labute approximate surface area is 277 Å². The van der Waals surface area contributed by atoms with E-state index in [1.165, 1.54) is 10.4 Å². The molecule has 10 nitrogen and oxygen atoms in total. The molecule has 0 aromatic heterocycles. The van der Waals surface area contributed by atoms with Crippen LogP contribution in [0.2, 0.25) is 5.04 Å². The molecule has 0 unspecified atom stereocenters. The van der Waals surface area contributed by atoms with Crippen molar-refractivity contribution in [3.05, 3.63) is 60.7 Å². The van der Waals surface area contributed by atoms with Crippen molar-refractivity contribution >= 4 is 24.7 Å². The Bertz CT molecular complexity index is 964. The number of ether oxygens (including phenoxy) is 8. The Morgan fingerprint density at radius 3 is 1.17 bits per heavy atom. The maximum atomic E-state index is 11.2. The first-order chi connectivity index (χ1) is 22.4. The Morgan fingerprint density at radius 1 is 0.522 bits per heavy atom. The van der Waals surface area contributed by atoms with Gasteiger partial charge < -0.3 is 42.3 Å². The first-order valence-corrected chi connectivity index (χ1v) is 18.3. The van der Waals surface area contributed by atoms with Gasteiger partial charge in [-0.3, -0.25) is 4.79 Å². The van der Waals surface area contributed by atoms with Crippen molar-refractivity contribution in [3.8, 4) is 0 Å². The molecule has 11 heteroatoms. The zero-order chi connectivity index (χ0) is 33.2. The van der Waals surface area contributed by atoms with E-state index in [0.29, 0.717) is 106 Å². The van der Waals surface area contributed by atoms with Gasteiger partial charge >= 0.3 is 5.97 Å². The van der Waals surface area contributed by atoms with Crippen LogP contribution in [0.1, 0.15) is 34.1 Å². The second-order valence-corrected chi connectivity index (χ2v) is 15.7.